The molecule has 0 saturated carbocycles. The molecule has 4 aromatic carbocycles. The predicted octanol–water partition coefficient (Wildman–Crippen LogP) is 4.01. The summed E-state index contributed by atoms with van der Waals surface area (Å²) in [6.45, 7) is 1.18. The Morgan fingerprint density at radius 1 is 0.500 bits per heavy atom. The van der Waals surface area contributed by atoms with E-state index >= 15 is 0 Å². The van der Waals surface area contributed by atoms with Crippen LogP contribution in [0.15, 0.2) is 72.8 Å². The molecule has 4 aromatic rings. The van der Waals surface area contributed by atoms with Gasteiger partial charge in [-0.05, 0) is 69.1 Å². The maximum absolute atomic E-state index is 9.14. The monoisotopic (exact) mass is 346 g/mol. The van der Waals surface area contributed by atoms with Crippen molar-refractivity contribution < 1.29 is 10.2 Å². The summed E-state index contributed by atoms with van der Waals surface area (Å²) in [7, 11) is 0. The summed E-state index contributed by atoms with van der Waals surface area (Å²) >= 11 is 0. The molecule has 0 atom stereocenters. The minimum atomic E-state index is 0.244. The molecule has 0 spiro atoms. The summed E-state index contributed by atoms with van der Waals surface area (Å²) in [5.74, 6) is 0.487. The summed E-state index contributed by atoms with van der Waals surface area (Å²) in [5.41, 5.74) is 13.5. The largest absolute Gasteiger partial charge is 0.508 e. The van der Waals surface area contributed by atoms with Gasteiger partial charge in [0.15, 0.2) is 0 Å². The van der Waals surface area contributed by atoms with Gasteiger partial charge in [-0.25, -0.2) is 0 Å². The van der Waals surface area contributed by atoms with Crippen LogP contribution in [0.1, 0.15) is 11.1 Å². The van der Waals surface area contributed by atoms with Gasteiger partial charge in [0.05, 0.1) is 0 Å². The van der Waals surface area contributed by atoms with E-state index in [4.69, 9.17) is 21.7 Å². The smallest absolute Gasteiger partial charge is 0.116 e. The van der Waals surface area contributed by atoms with Gasteiger partial charge in [-0.2, -0.15) is 0 Å². The lowest BCUT2D eigenvalue weighted by Crippen LogP contribution is -1.97. The Balaban J connectivity index is 0.000000152. The van der Waals surface area contributed by atoms with Crippen LogP contribution in [0.5, 0.6) is 11.5 Å². The maximum atomic E-state index is 9.14. The van der Waals surface area contributed by atoms with Gasteiger partial charge in [-0.3, -0.25) is 0 Å². The molecule has 132 valence electrons. The normalized spacial score (nSPS) is 10.5. The van der Waals surface area contributed by atoms with Crippen LogP contribution in [0.3, 0.4) is 0 Å². The Morgan fingerprint density at radius 2 is 0.846 bits per heavy atom. The number of hydrogen-bond acceptors (Lipinski definition) is 4. The molecule has 0 unspecified atom stereocenters. The van der Waals surface area contributed by atoms with Gasteiger partial charge in [0, 0.05) is 13.1 Å². The van der Waals surface area contributed by atoms with Gasteiger partial charge in [0.1, 0.15) is 11.5 Å². The molecule has 0 heterocycles. The second-order valence-corrected chi connectivity index (χ2v) is 6.14. The van der Waals surface area contributed by atoms with Crippen LogP contribution in [-0.4, -0.2) is 10.2 Å². The first-order valence-corrected chi connectivity index (χ1v) is 8.42. The molecule has 4 heteroatoms. The first-order chi connectivity index (χ1) is 12.6. The van der Waals surface area contributed by atoms with E-state index in [0.29, 0.717) is 13.1 Å². The minimum absolute atomic E-state index is 0.244. The maximum Gasteiger partial charge on any atom is 0.116 e. The van der Waals surface area contributed by atoms with Crippen LogP contribution >= 0.6 is 0 Å². The Hall–Kier alpha value is -3.08. The molecule has 4 rings (SSSR count). The van der Waals surface area contributed by atoms with Gasteiger partial charge in [-0.1, -0.05) is 36.4 Å². The van der Waals surface area contributed by atoms with E-state index < -0.39 is 0 Å². The lowest BCUT2D eigenvalue weighted by molar-refractivity contribution is 0.474. The zero-order valence-corrected chi connectivity index (χ0v) is 14.4. The lowest BCUT2D eigenvalue weighted by Gasteiger charge is -2.03. The number of phenolic OH excluding ortho intramolecular Hbond substituents is 2. The molecule has 26 heavy (non-hydrogen) atoms. The third-order valence-electron chi connectivity index (χ3n) is 4.25. The molecule has 0 amide bonds. The fraction of sp³-hybridized carbons (Fsp3) is 0.0909. The number of fused-ring (bicyclic) bond motifs is 2. The number of aromatic hydroxyl groups is 2. The molecule has 0 bridgehead atoms. The van der Waals surface area contributed by atoms with Crippen LogP contribution in [0.25, 0.3) is 21.5 Å². The lowest BCUT2D eigenvalue weighted by atomic mass is 10.0. The van der Waals surface area contributed by atoms with E-state index in [0.717, 1.165) is 21.9 Å². The SMILES string of the molecule is NCc1ccc2cc(CN)ccc2c1.Oc1ccc2cc(O)ccc2c1. The van der Waals surface area contributed by atoms with Gasteiger partial charge >= 0.3 is 0 Å². The molecular weight excluding hydrogens is 324 g/mol. The van der Waals surface area contributed by atoms with Crippen LogP contribution in [0.2, 0.25) is 0 Å². The van der Waals surface area contributed by atoms with Crippen LogP contribution in [0, 0.1) is 0 Å². The Morgan fingerprint density at radius 3 is 1.23 bits per heavy atom. The number of phenols is 2. The summed E-state index contributed by atoms with van der Waals surface area (Å²) in [6, 6.07) is 22.6. The molecule has 0 radical (unpaired) electrons. The van der Waals surface area contributed by atoms with Crippen molar-refractivity contribution in [1.82, 2.24) is 0 Å². The molecule has 4 nitrogen and oxygen atoms in total. The van der Waals surface area contributed by atoms with Gasteiger partial charge in [0.2, 0.25) is 0 Å². The molecule has 0 saturated heterocycles. The van der Waals surface area contributed by atoms with E-state index in [-0.39, 0.29) is 11.5 Å². The van der Waals surface area contributed by atoms with Crippen molar-refractivity contribution in [3.05, 3.63) is 83.9 Å². The highest BCUT2D eigenvalue weighted by Gasteiger charge is 1.97. The zero-order valence-electron chi connectivity index (χ0n) is 14.4. The zero-order chi connectivity index (χ0) is 18.5. The highest BCUT2D eigenvalue weighted by molar-refractivity contribution is 5.85. The number of rotatable bonds is 2. The summed E-state index contributed by atoms with van der Waals surface area (Å²) < 4.78 is 0. The average molecular weight is 346 g/mol. The molecule has 0 aliphatic rings. The third kappa shape index (κ3) is 4.11. The molecule has 0 fully saturated rings. The van der Waals surface area contributed by atoms with Crippen molar-refractivity contribution in [3.63, 3.8) is 0 Å². The van der Waals surface area contributed by atoms with E-state index in [1.807, 2.05) is 0 Å². The van der Waals surface area contributed by atoms with Crippen molar-refractivity contribution >= 4 is 21.5 Å². The summed E-state index contributed by atoms with van der Waals surface area (Å²) in [6.07, 6.45) is 0. The Bertz CT molecular complexity index is 960. The molecule has 6 N–H and O–H groups in total. The van der Waals surface area contributed by atoms with Crippen LogP contribution in [-0.2, 0) is 13.1 Å². The first kappa shape index (κ1) is 17.7. The summed E-state index contributed by atoms with van der Waals surface area (Å²) in [4.78, 5) is 0. The van der Waals surface area contributed by atoms with Gasteiger partial charge in [0.25, 0.3) is 0 Å². The highest BCUT2D eigenvalue weighted by atomic mass is 16.3. The quantitative estimate of drug-likeness (QED) is 0.441. The van der Waals surface area contributed by atoms with E-state index in [1.165, 1.54) is 10.8 Å². The second-order valence-electron chi connectivity index (χ2n) is 6.14. The fourth-order valence-electron chi connectivity index (χ4n) is 2.82. The Kier molecular flexibility index (Phi) is 5.37. The second kappa shape index (κ2) is 7.87. The topological polar surface area (TPSA) is 92.5 Å². The Labute approximate surface area is 152 Å². The van der Waals surface area contributed by atoms with Gasteiger partial charge < -0.3 is 21.7 Å². The van der Waals surface area contributed by atoms with Crippen molar-refractivity contribution in [1.29, 1.82) is 0 Å². The molecule has 0 aliphatic heterocycles. The van der Waals surface area contributed by atoms with E-state index in [9.17, 15) is 0 Å². The van der Waals surface area contributed by atoms with E-state index in [2.05, 4.69) is 36.4 Å². The average Bonchev–Trinajstić information content (AvgIpc) is 2.67. The van der Waals surface area contributed by atoms with Crippen molar-refractivity contribution in [2.24, 2.45) is 11.5 Å². The number of nitrogens with two attached hydrogens (primary N) is 2. The van der Waals surface area contributed by atoms with Crippen molar-refractivity contribution in [2.75, 3.05) is 0 Å². The predicted molar refractivity (Wildman–Crippen MR) is 107 cm³/mol. The minimum Gasteiger partial charge on any atom is -0.508 e. The molecule has 0 aliphatic carbocycles. The van der Waals surface area contributed by atoms with Crippen LogP contribution < -0.4 is 11.5 Å². The third-order valence-corrected chi connectivity index (χ3v) is 4.25. The van der Waals surface area contributed by atoms with Gasteiger partial charge in [-0.15, -0.1) is 0 Å². The fourth-order valence-corrected chi connectivity index (χ4v) is 2.82. The standard InChI is InChI=1S/C12H14N2.C10H8O2/c13-7-9-1-3-11-6-10(8-14)2-4-12(11)5-9;11-9-3-1-7-5-10(12)4-2-8(7)6-9/h1-6H,7-8,13-14H2;1-6,11-12H. The number of benzene rings is 4. The summed E-state index contributed by atoms with van der Waals surface area (Å²) in [5, 5.41) is 22.6. The van der Waals surface area contributed by atoms with Crippen molar-refractivity contribution in [2.45, 2.75) is 13.1 Å². The highest BCUT2D eigenvalue weighted by Crippen LogP contribution is 2.23. The van der Waals surface area contributed by atoms with E-state index in [1.54, 1.807) is 36.4 Å². The molecular formula is C22H22N2O2. The molecule has 0 aromatic heterocycles. The number of hydrogen-bond donors (Lipinski definition) is 4. The van der Waals surface area contributed by atoms with Crippen molar-refractivity contribution in [3.8, 4) is 11.5 Å². The first-order valence-electron chi connectivity index (χ1n) is 8.42. The van der Waals surface area contributed by atoms with Crippen LogP contribution in [0.4, 0.5) is 0 Å².